The van der Waals surface area contributed by atoms with Gasteiger partial charge in [0.25, 0.3) is 5.69 Å². The molecule has 0 amide bonds. The SMILES string of the molecule is Cc1cc(N2CCC(Nc3ccc([N+](=O)[O-])cc3)CC2)nc(C)n1. The summed E-state index contributed by atoms with van der Waals surface area (Å²) in [6.45, 7) is 5.77. The zero-order chi connectivity index (χ0) is 17.1. The van der Waals surface area contributed by atoms with Gasteiger partial charge in [-0.15, -0.1) is 0 Å². The minimum absolute atomic E-state index is 0.116. The van der Waals surface area contributed by atoms with Crippen molar-refractivity contribution in [3.8, 4) is 0 Å². The van der Waals surface area contributed by atoms with Gasteiger partial charge in [-0.25, -0.2) is 9.97 Å². The van der Waals surface area contributed by atoms with Crippen molar-refractivity contribution < 1.29 is 4.92 Å². The van der Waals surface area contributed by atoms with E-state index in [9.17, 15) is 10.1 Å². The Kier molecular flexibility index (Phi) is 4.59. The highest BCUT2D eigenvalue weighted by Crippen LogP contribution is 2.22. The van der Waals surface area contributed by atoms with E-state index in [1.165, 1.54) is 12.1 Å². The lowest BCUT2D eigenvalue weighted by molar-refractivity contribution is -0.384. The fourth-order valence-electron chi connectivity index (χ4n) is 3.03. The van der Waals surface area contributed by atoms with Gasteiger partial charge in [-0.05, 0) is 38.8 Å². The summed E-state index contributed by atoms with van der Waals surface area (Å²) in [6, 6.07) is 8.99. The minimum Gasteiger partial charge on any atom is -0.382 e. The van der Waals surface area contributed by atoms with Crippen molar-refractivity contribution in [3.63, 3.8) is 0 Å². The van der Waals surface area contributed by atoms with Crippen LogP contribution >= 0.6 is 0 Å². The van der Waals surface area contributed by atoms with Crippen molar-refractivity contribution in [3.05, 3.63) is 52.0 Å². The average Bonchev–Trinajstić information content (AvgIpc) is 2.55. The lowest BCUT2D eigenvalue weighted by Crippen LogP contribution is -2.39. The number of hydrogen-bond donors (Lipinski definition) is 1. The van der Waals surface area contributed by atoms with Gasteiger partial charge in [0.15, 0.2) is 0 Å². The van der Waals surface area contributed by atoms with E-state index in [0.29, 0.717) is 6.04 Å². The largest absolute Gasteiger partial charge is 0.382 e. The number of nitro benzene ring substituents is 1. The first-order valence-electron chi connectivity index (χ1n) is 8.09. The van der Waals surface area contributed by atoms with Gasteiger partial charge in [0, 0.05) is 48.7 Å². The van der Waals surface area contributed by atoms with Crippen molar-refractivity contribution in [1.29, 1.82) is 0 Å². The van der Waals surface area contributed by atoms with Crippen molar-refractivity contribution in [1.82, 2.24) is 9.97 Å². The lowest BCUT2D eigenvalue weighted by Gasteiger charge is -2.33. The highest BCUT2D eigenvalue weighted by molar-refractivity contribution is 5.49. The van der Waals surface area contributed by atoms with Gasteiger partial charge in [0.1, 0.15) is 11.6 Å². The predicted octanol–water partition coefficient (Wildman–Crippen LogP) is 3.08. The first-order chi connectivity index (χ1) is 11.5. The van der Waals surface area contributed by atoms with Gasteiger partial charge in [-0.1, -0.05) is 0 Å². The Labute approximate surface area is 140 Å². The molecule has 0 aliphatic carbocycles. The normalized spacial score (nSPS) is 15.3. The Morgan fingerprint density at radius 1 is 1.17 bits per heavy atom. The van der Waals surface area contributed by atoms with Gasteiger partial charge < -0.3 is 10.2 Å². The number of hydrogen-bond acceptors (Lipinski definition) is 6. The van der Waals surface area contributed by atoms with Crippen LogP contribution in [0.15, 0.2) is 30.3 Å². The zero-order valence-corrected chi connectivity index (χ0v) is 13.9. The maximum atomic E-state index is 10.7. The number of nitrogens with zero attached hydrogens (tertiary/aromatic N) is 4. The van der Waals surface area contributed by atoms with Crippen LogP contribution in [0, 0.1) is 24.0 Å². The molecule has 1 aromatic heterocycles. The summed E-state index contributed by atoms with van der Waals surface area (Å²) in [4.78, 5) is 21.4. The first-order valence-corrected chi connectivity index (χ1v) is 8.09. The number of nitro groups is 1. The number of aryl methyl sites for hydroxylation is 2. The van der Waals surface area contributed by atoms with E-state index in [2.05, 4.69) is 20.2 Å². The summed E-state index contributed by atoms with van der Waals surface area (Å²) in [5.74, 6) is 1.80. The molecule has 7 heteroatoms. The molecule has 2 heterocycles. The molecule has 1 saturated heterocycles. The molecule has 1 aliphatic heterocycles. The second-order valence-electron chi connectivity index (χ2n) is 6.12. The van der Waals surface area contributed by atoms with Crippen molar-refractivity contribution in [2.45, 2.75) is 32.7 Å². The Hall–Kier alpha value is -2.70. The Morgan fingerprint density at radius 3 is 2.42 bits per heavy atom. The second kappa shape index (κ2) is 6.82. The molecule has 1 N–H and O–H groups in total. The molecule has 1 aliphatic rings. The van der Waals surface area contributed by atoms with E-state index in [1.54, 1.807) is 12.1 Å². The molecule has 1 aromatic carbocycles. The summed E-state index contributed by atoms with van der Waals surface area (Å²) in [6.07, 6.45) is 2.00. The number of aromatic nitrogens is 2. The number of rotatable bonds is 4. The van der Waals surface area contributed by atoms with Gasteiger partial charge in [0.2, 0.25) is 0 Å². The number of anilines is 2. The highest BCUT2D eigenvalue weighted by atomic mass is 16.6. The maximum absolute atomic E-state index is 10.7. The molecule has 0 spiro atoms. The average molecular weight is 327 g/mol. The third kappa shape index (κ3) is 3.79. The molecule has 126 valence electrons. The van der Waals surface area contributed by atoms with Crippen LogP contribution in [0.5, 0.6) is 0 Å². The fraction of sp³-hybridized carbons (Fsp3) is 0.412. The Balaban J connectivity index is 1.57. The monoisotopic (exact) mass is 327 g/mol. The molecule has 24 heavy (non-hydrogen) atoms. The van der Waals surface area contributed by atoms with E-state index >= 15 is 0 Å². The zero-order valence-electron chi connectivity index (χ0n) is 13.9. The number of piperidine rings is 1. The van der Waals surface area contributed by atoms with Crippen LogP contribution in [0.4, 0.5) is 17.2 Å². The molecule has 1 fully saturated rings. The molecule has 0 radical (unpaired) electrons. The van der Waals surface area contributed by atoms with Crippen molar-refractivity contribution in [2.24, 2.45) is 0 Å². The molecular formula is C17H21N5O2. The topological polar surface area (TPSA) is 84.2 Å². The van der Waals surface area contributed by atoms with Crippen LogP contribution < -0.4 is 10.2 Å². The van der Waals surface area contributed by atoms with Crippen LogP contribution in [-0.2, 0) is 0 Å². The van der Waals surface area contributed by atoms with Crippen molar-refractivity contribution in [2.75, 3.05) is 23.3 Å². The van der Waals surface area contributed by atoms with E-state index in [1.807, 2.05) is 19.9 Å². The minimum atomic E-state index is -0.381. The smallest absolute Gasteiger partial charge is 0.269 e. The molecule has 2 aromatic rings. The summed E-state index contributed by atoms with van der Waals surface area (Å²) in [5.41, 5.74) is 2.03. The third-order valence-electron chi connectivity index (χ3n) is 4.22. The number of nitrogens with one attached hydrogen (secondary N) is 1. The second-order valence-corrected chi connectivity index (χ2v) is 6.12. The summed E-state index contributed by atoms with van der Waals surface area (Å²) < 4.78 is 0. The number of benzene rings is 1. The Morgan fingerprint density at radius 2 is 1.83 bits per heavy atom. The van der Waals surface area contributed by atoms with Gasteiger partial charge in [-0.3, -0.25) is 10.1 Å². The molecule has 3 rings (SSSR count). The molecule has 0 saturated carbocycles. The summed E-state index contributed by atoms with van der Waals surface area (Å²) in [5, 5.41) is 14.1. The van der Waals surface area contributed by atoms with Crippen LogP contribution in [-0.4, -0.2) is 34.0 Å². The molecule has 7 nitrogen and oxygen atoms in total. The van der Waals surface area contributed by atoms with Crippen LogP contribution in [0.2, 0.25) is 0 Å². The standard InChI is InChI=1S/C17H21N5O2/c1-12-11-17(19-13(2)18-12)21-9-7-15(8-10-21)20-14-3-5-16(6-4-14)22(23)24/h3-6,11,15,20H,7-10H2,1-2H3. The summed E-state index contributed by atoms with van der Waals surface area (Å²) >= 11 is 0. The van der Waals surface area contributed by atoms with E-state index in [0.717, 1.165) is 49.0 Å². The third-order valence-corrected chi connectivity index (χ3v) is 4.22. The number of non-ortho nitro benzene ring substituents is 1. The van der Waals surface area contributed by atoms with E-state index in [-0.39, 0.29) is 10.6 Å². The predicted molar refractivity (Wildman–Crippen MR) is 93.5 cm³/mol. The van der Waals surface area contributed by atoms with Crippen LogP contribution in [0.25, 0.3) is 0 Å². The van der Waals surface area contributed by atoms with Crippen molar-refractivity contribution >= 4 is 17.2 Å². The van der Waals surface area contributed by atoms with Gasteiger partial charge >= 0.3 is 0 Å². The maximum Gasteiger partial charge on any atom is 0.269 e. The molecular weight excluding hydrogens is 306 g/mol. The molecule has 0 bridgehead atoms. The lowest BCUT2D eigenvalue weighted by atomic mass is 10.0. The molecule has 0 unspecified atom stereocenters. The van der Waals surface area contributed by atoms with Gasteiger partial charge in [0.05, 0.1) is 4.92 Å². The molecule has 0 atom stereocenters. The van der Waals surface area contributed by atoms with Crippen LogP contribution in [0.3, 0.4) is 0 Å². The van der Waals surface area contributed by atoms with Crippen LogP contribution in [0.1, 0.15) is 24.4 Å². The first kappa shape index (κ1) is 16.2. The summed E-state index contributed by atoms with van der Waals surface area (Å²) in [7, 11) is 0. The Bertz CT molecular complexity index is 704. The van der Waals surface area contributed by atoms with Gasteiger partial charge in [-0.2, -0.15) is 0 Å². The van der Waals surface area contributed by atoms with E-state index in [4.69, 9.17) is 0 Å². The fourth-order valence-corrected chi connectivity index (χ4v) is 3.03. The highest BCUT2D eigenvalue weighted by Gasteiger charge is 2.20. The quantitative estimate of drug-likeness (QED) is 0.686. The van der Waals surface area contributed by atoms with E-state index < -0.39 is 0 Å².